The van der Waals surface area contributed by atoms with Crippen LogP contribution < -0.4 is 11.0 Å². The van der Waals surface area contributed by atoms with E-state index < -0.39 is 31.2 Å². The van der Waals surface area contributed by atoms with Gasteiger partial charge in [0.2, 0.25) is 0 Å². The summed E-state index contributed by atoms with van der Waals surface area (Å²) in [5.41, 5.74) is -0.332. The maximum atomic E-state index is 10.4. The summed E-state index contributed by atoms with van der Waals surface area (Å²) < 4.78 is 4.54. The number of aromatic nitrogens is 2. The molecule has 19 heavy (non-hydrogen) atoms. The number of rotatable bonds is 2. The second-order valence-electron chi connectivity index (χ2n) is 3.76. The van der Waals surface area contributed by atoms with E-state index in [1.807, 2.05) is 0 Å². The van der Waals surface area contributed by atoms with Gasteiger partial charge in [0.25, 0.3) is 0 Å². The van der Waals surface area contributed by atoms with Crippen molar-refractivity contribution in [2.75, 3.05) is 19.0 Å². The van der Waals surface area contributed by atoms with Crippen molar-refractivity contribution in [2.24, 2.45) is 0 Å². The largest absolute Gasteiger partial charge is 0.394 e. The van der Waals surface area contributed by atoms with Crippen molar-refractivity contribution in [3.05, 3.63) is 22.7 Å². The normalized spacial score (nSPS) is 29.5. The number of aromatic amines is 1. The fourth-order valence-electron chi connectivity index (χ4n) is 1.39. The van der Waals surface area contributed by atoms with Crippen LogP contribution in [-0.2, 0) is 4.74 Å². The van der Waals surface area contributed by atoms with Gasteiger partial charge in [0, 0.05) is 13.2 Å². The van der Waals surface area contributed by atoms with Crippen molar-refractivity contribution >= 4 is 5.82 Å². The number of nitrogens with one attached hydrogen (secondary N) is 2. The lowest BCUT2D eigenvalue weighted by atomic mass is 10.1. The molecule has 4 atom stereocenters. The first-order valence-electron chi connectivity index (χ1n) is 5.53. The molecule has 108 valence electrons. The zero-order valence-corrected chi connectivity index (χ0v) is 10.2. The topological polar surface area (TPSA) is 148 Å². The molecular formula is C10H17N3O6. The molecular weight excluding hydrogens is 258 g/mol. The van der Waals surface area contributed by atoms with Crippen LogP contribution in [0.5, 0.6) is 0 Å². The summed E-state index contributed by atoms with van der Waals surface area (Å²) in [5.74, 6) is 0.582. The minimum absolute atomic E-state index is 0.332. The molecule has 1 aromatic rings. The number of ether oxygens (including phenoxy) is 1. The highest BCUT2D eigenvalue weighted by atomic mass is 16.6. The van der Waals surface area contributed by atoms with Crippen LogP contribution in [0.15, 0.2) is 17.1 Å². The van der Waals surface area contributed by atoms with Crippen LogP contribution >= 0.6 is 0 Å². The van der Waals surface area contributed by atoms with Crippen LogP contribution in [0, 0.1) is 0 Å². The third-order valence-electron chi connectivity index (χ3n) is 2.44. The van der Waals surface area contributed by atoms with Crippen molar-refractivity contribution in [1.82, 2.24) is 9.97 Å². The molecule has 1 unspecified atom stereocenters. The SMILES string of the molecule is CNc1cc[nH]c(=O)n1.OC[C@H]1OC(O)[C@@H](O)[C@@H]1O. The van der Waals surface area contributed by atoms with Crippen molar-refractivity contribution in [1.29, 1.82) is 0 Å². The molecule has 2 rings (SSSR count). The molecule has 1 saturated heterocycles. The van der Waals surface area contributed by atoms with Crippen molar-refractivity contribution in [2.45, 2.75) is 24.6 Å². The van der Waals surface area contributed by atoms with E-state index in [0.29, 0.717) is 5.82 Å². The number of hydrogen-bond acceptors (Lipinski definition) is 8. The summed E-state index contributed by atoms with van der Waals surface area (Å²) in [7, 11) is 1.71. The van der Waals surface area contributed by atoms with Crippen LogP contribution in [-0.4, -0.2) is 68.7 Å². The van der Waals surface area contributed by atoms with Gasteiger partial charge >= 0.3 is 5.69 Å². The zero-order valence-electron chi connectivity index (χ0n) is 10.2. The third-order valence-corrected chi connectivity index (χ3v) is 2.44. The Balaban J connectivity index is 0.000000191. The van der Waals surface area contributed by atoms with Gasteiger partial charge in [0.05, 0.1) is 6.61 Å². The van der Waals surface area contributed by atoms with Crippen LogP contribution in [0.4, 0.5) is 5.82 Å². The number of anilines is 1. The Morgan fingerprint density at radius 3 is 2.42 bits per heavy atom. The molecule has 1 fully saturated rings. The minimum atomic E-state index is -1.38. The number of nitrogens with zero attached hydrogens (tertiary/aromatic N) is 1. The van der Waals surface area contributed by atoms with Gasteiger partial charge in [-0.3, -0.25) is 0 Å². The molecule has 0 bridgehead atoms. The van der Waals surface area contributed by atoms with Gasteiger partial charge in [-0.05, 0) is 6.07 Å². The Morgan fingerprint density at radius 2 is 2.11 bits per heavy atom. The molecule has 1 aliphatic heterocycles. The molecule has 6 N–H and O–H groups in total. The van der Waals surface area contributed by atoms with Crippen LogP contribution in [0.25, 0.3) is 0 Å². The average Bonchev–Trinajstić information content (AvgIpc) is 2.66. The van der Waals surface area contributed by atoms with Crippen LogP contribution in [0.3, 0.4) is 0 Å². The molecule has 0 aromatic carbocycles. The van der Waals surface area contributed by atoms with Gasteiger partial charge in [-0.2, -0.15) is 4.98 Å². The van der Waals surface area contributed by atoms with Gasteiger partial charge in [-0.25, -0.2) is 4.79 Å². The molecule has 9 nitrogen and oxygen atoms in total. The van der Waals surface area contributed by atoms with Gasteiger partial charge < -0.3 is 35.5 Å². The quantitative estimate of drug-likeness (QED) is 0.340. The highest BCUT2D eigenvalue weighted by Gasteiger charge is 2.41. The second-order valence-corrected chi connectivity index (χ2v) is 3.76. The monoisotopic (exact) mass is 275 g/mol. The van der Waals surface area contributed by atoms with E-state index in [4.69, 9.17) is 20.4 Å². The number of aliphatic hydroxyl groups is 4. The first kappa shape index (κ1) is 15.5. The summed E-state index contributed by atoms with van der Waals surface area (Å²) in [5, 5.41) is 37.7. The third kappa shape index (κ3) is 4.26. The molecule has 0 saturated carbocycles. The molecule has 0 radical (unpaired) electrons. The number of H-pyrrole nitrogens is 1. The lowest BCUT2D eigenvalue weighted by Crippen LogP contribution is -2.33. The summed E-state index contributed by atoms with van der Waals surface area (Å²) in [6.07, 6.45) is -3.21. The van der Waals surface area contributed by atoms with Gasteiger partial charge in [0.1, 0.15) is 24.1 Å². The Kier molecular flexibility index (Phi) is 5.86. The van der Waals surface area contributed by atoms with Crippen molar-refractivity contribution in [3.63, 3.8) is 0 Å². The molecule has 9 heteroatoms. The second kappa shape index (κ2) is 7.16. The van der Waals surface area contributed by atoms with E-state index in [-0.39, 0.29) is 5.69 Å². The fourth-order valence-corrected chi connectivity index (χ4v) is 1.39. The Morgan fingerprint density at radius 1 is 1.42 bits per heavy atom. The summed E-state index contributed by atoms with van der Waals surface area (Å²) >= 11 is 0. The molecule has 1 aromatic heterocycles. The Labute approximate surface area is 108 Å². The Bertz CT molecular complexity index is 439. The molecule has 1 aliphatic rings. The first-order chi connectivity index (χ1) is 8.99. The first-order valence-corrected chi connectivity index (χ1v) is 5.53. The zero-order chi connectivity index (χ0) is 14.4. The number of aliphatic hydroxyl groups excluding tert-OH is 4. The van der Waals surface area contributed by atoms with E-state index in [9.17, 15) is 4.79 Å². The standard InChI is InChI=1S/C5H7N3O.C5H10O5/c1-6-4-2-3-7-5(9)8-4;6-1-2-3(7)4(8)5(9)10-2/h2-3H,1H3,(H2,6,7,8,9);2-9H,1H2/t;2-,3-,4+,5?/m.1/s1. The maximum absolute atomic E-state index is 10.4. The smallest absolute Gasteiger partial charge is 0.346 e. The van der Waals surface area contributed by atoms with E-state index in [1.54, 1.807) is 19.3 Å². The van der Waals surface area contributed by atoms with Crippen molar-refractivity contribution in [3.8, 4) is 0 Å². The van der Waals surface area contributed by atoms with Gasteiger partial charge in [0.15, 0.2) is 6.29 Å². The lowest BCUT2D eigenvalue weighted by molar-refractivity contribution is -0.132. The van der Waals surface area contributed by atoms with Gasteiger partial charge in [-0.15, -0.1) is 0 Å². The molecule has 0 aliphatic carbocycles. The minimum Gasteiger partial charge on any atom is -0.394 e. The van der Waals surface area contributed by atoms with E-state index in [0.717, 1.165) is 0 Å². The molecule has 0 spiro atoms. The van der Waals surface area contributed by atoms with Crippen LogP contribution in [0.1, 0.15) is 0 Å². The molecule has 2 heterocycles. The average molecular weight is 275 g/mol. The van der Waals surface area contributed by atoms with E-state index >= 15 is 0 Å². The lowest BCUT2D eigenvalue weighted by Gasteiger charge is -2.09. The van der Waals surface area contributed by atoms with Gasteiger partial charge in [-0.1, -0.05) is 0 Å². The maximum Gasteiger partial charge on any atom is 0.346 e. The Hall–Kier alpha value is -1.52. The number of hydrogen-bond donors (Lipinski definition) is 6. The highest BCUT2D eigenvalue weighted by molar-refractivity contribution is 5.29. The highest BCUT2D eigenvalue weighted by Crippen LogP contribution is 2.18. The van der Waals surface area contributed by atoms with Crippen molar-refractivity contribution < 1.29 is 25.2 Å². The molecule has 0 amide bonds. The fraction of sp³-hybridized carbons (Fsp3) is 0.600. The predicted molar refractivity (Wildman–Crippen MR) is 64.4 cm³/mol. The predicted octanol–water partition coefficient (Wildman–Crippen LogP) is -2.77. The van der Waals surface area contributed by atoms with E-state index in [1.165, 1.54) is 0 Å². The van der Waals surface area contributed by atoms with E-state index in [2.05, 4.69) is 20.0 Å². The summed E-state index contributed by atoms with van der Waals surface area (Å²) in [4.78, 5) is 16.4. The van der Waals surface area contributed by atoms with Crippen LogP contribution in [0.2, 0.25) is 0 Å². The summed E-state index contributed by atoms with van der Waals surface area (Å²) in [6.45, 7) is -0.407. The summed E-state index contributed by atoms with van der Waals surface area (Å²) in [6, 6.07) is 1.68.